The molecule has 1 heterocycles. The van der Waals surface area contributed by atoms with Gasteiger partial charge in [-0.15, -0.1) is 0 Å². The summed E-state index contributed by atoms with van der Waals surface area (Å²) in [6.45, 7) is 4.28. The lowest BCUT2D eigenvalue weighted by molar-refractivity contribution is -0.129. The minimum Gasteiger partial charge on any atom is -0.338 e. The molecule has 1 aliphatic rings. The van der Waals surface area contributed by atoms with Gasteiger partial charge in [-0.2, -0.15) is 0 Å². The fraction of sp³-hybridized carbons (Fsp3) is 0.700. The van der Waals surface area contributed by atoms with Crippen molar-refractivity contribution in [3.8, 4) is 0 Å². The number of likely N-dealkylation sites (N-methyl/N-ethyl adjacent to an activating group) is 1. The molecular formula is C10H18N2O. The van der Waals surface area contributed by atoms with Crippen molar-refractivity contribution >= 4 is 5.91 Å². The van der Waals surface area contributed by atoms with E-state index in [0.717, 1.165) is 19.5 Å². The van der Waals surface area contributed by atoms with Crippen molar-refractivity contribution in [2.75, 3.05) is 26.7 Å². The Kier molecular flexibility index (Phi) is 3.96. The number of amides is 1. The monoisotopic (exact) mass is 182 g/mol. The van der Waals surface area contributed by atoms with Crippen molar-refractivity contribution in [1.29, 1.82) is 0 Å². The molecule has 1 rings (SSSR count). The molecule has 0 aromatic rings. The number of rotatable bonds is 2. The van der Waals surface area contributed by atoms with Gasteiger partial charge in [-0.3, -0.25) is 4.79 Å². The first-order valence-corrected chi connectivity index (χ1v) is 4.83. The average molecular weight is 182 g/mol. The van der Waals surface area contributed by atoms with E-state index < -0.39 is 0 Å². The molecule has 0 radical (unpaired) electrons. The van der Waals surface area contributed by atoms with Crippen LogP contribution in [0.1, 0.15) is 13.3 Å². The van der Waals surface area contributed by atoms with E-state index in [9.17, 15) is 4.79 Å². The summed E-state index contributed by atoms with van der Waals surface area (Å²) in [5.41, 5.74) is 0. The van der Waals surface area contributed by atoms with Crippen molar-refractivity contribution in [2.24, 2.45) is 5.92 Å². The molecule has 0 saturated heterocycles. The summed E-state index contributed by atoms with van der Waals surface area (Å²) in [6.07, 6.45) is 5.35. The van der Waals surface area contributed by atoms with Gasteiger partial charge in [-0.1, -0.05) is 19.1 Å². The van der Waals surface area contributed by atoms with E-state index in [4.69, 9.17) is 0 Å². The van der Waals surface area contributed by atoms with Crippen LogP contribution in [0.15, 0.2) is 12.2 Å². The Labute approximate surface area is 79.8 Å². The molecule has 0 aliphatic carbocycles. The SMILES string of the molecule is CNCC(=O)N1CC=CC(C)CC1. The first-order valence-electron chi connectivity index (χ1n) is 4.83. The summed E-state index contributed by atoms with van der Waals surface area (Å²) >= 11 is 0. The molecule has 13 heavy (non-hydrogen) atoms. The van der Waals surface area contributed by atoms with E-state index >= 15 is 0 Å². The molecular weight excluding hydrogens is 164 g/mol. The smallest absolute Gasteiger partial charge is 0.236 e. The Bertz CT molecular complexity index is 201. The number of carbonyl (C=O) groups is 1. The first kappa shape index (κ1) is 10.3. The van der Waals surface area contributed by atoms with E-state index in [1.54, 1.807) is 7.05 Å². The van der Waals surface area contributed by atoms with Crippen LogP contribution in [-0.4, -0.2) is 37.5 Å². The van der Waals surface area contributed by atoms with Crippen LogP contribution in [0.2, 0.25) is 0 Å². The van der Waals surface area contributed by atoms with Crippen molar-refractivity contribution < 1.29 is 4.79 Å². The molecule has 0 fully saturated rings. The van der Waals surface area contributed by atoms with Crippen molar-refractivity contribution in [3.63, 3.8) is 0 Å². The van der Waals surface area contributed by atoms with Gasteiger partial charge in [0.1, 0.15) is 0 Å². The van der Waals surface area contributed by atoms with Gasteiger partial charge in [0.15, 0.2) is 0 Å². The van der Waals surface area contributed by atoms with Crippen LogP contribution in [0.25, 0.3) is 0 Å². The van der Waals surface area contributed by atoms with Gasteiger partial charge in [0.05, 0.1) is 6.54 Å². The van der Waals surface area contributed by atoms with E-state index in [1.165, 1.54) is 0 Å². The lowest BCUT2D eigenvalue weighted by atomic mass is 10.1. The van der Waals surface area contributed by atoms with Gasteiger partial charge in [-0.25, -0.2) is 0 Å². The Morgan fingerprint density at radius 2 is 2.46 bits per heavy atom. The zero-order valence-corrected chi connectivity index (χ0v) is 8.42. The molecule has 0 aromatic carbocycles. The van der Waals surface area contributed by atoms with Crippen LogP contribution in [0, 0.1) is 5.92 Å². The number of nitrogens with zero attached hydrogens (tertiary/aromatic N) is 1. The lowest BCUT2D eigenvalue weighted by Gasteiger charge is -2.19. The summed E-state index contributed by atoms with van der Waals surface area (Å²) in [6, 6.07) is 0. The quantitative estimate of drug-likeness (QED) is 0.635. The average Bonchev–Trinajstić information content (AvgIpc) is 2.30. The van der Waals surface area contributed by atoms with Crippen LogP contribution in [0.4, 0.5) is 0 Å². The number of carbonyl (C=O) groups excluding carboxylic acids is 1. The third kappa shape index (κ3) is 3.19. The van der Waals surface area contributed by atoms with E-state index in [-0.39, 0.29) is 5.91 Å². The molecule has 0 spiro atoms. The predicted molar refractivity (Wildman–Crippen MR) is 53.4 cm³/mol. The highest BCUT2D eigenvalue weighted by Gasteiger charge is 2.13. The van der Waals surface area contributed by atoms with Gasteiger partial charge in [0.25, 0.3) is 0 Å². The summed E-state index contributed by atoms with van der Waals surface area (Å²) in [4.78, 5) is 13.4. The fourth-order valence-electron chi connectivity index (χ4n) is 1.46. The predicted octanol–water partition coefficient (Wildman–Crippen LogP) is 0.630. The van der Waals surface area contributed by atoms with Gasteiger partial charge in [-0.05, 0) is 19.4 Å². The van der Waals surface area contributed by atoms with Crippen LogP contribution >= 0.6 is 0 Å². The van der Waals surface area contributed by atoms with Crippen LogP contribution in [-0.2, 0) is 4.79 Å². The zero-order chi connectivity index (χ0) is 9.68. The second-order valence-corrected chi connectivity index (χ2v) is 3.56. The van der Waals surface area contributed by atoms with Gasteiger partial charge < -0.3 is 10.2 Å². The number of allylic oxidation sites excluding steroid dienone is 1. The second kappa shape index (κ2) is 5.02. The molecule has 0 aromatic heterocycles. The lowest BCUT2D eigenvalue weighted by Crippen LogP contribution is -2.37. The molecule has 1 amide bonds. The molecule has 1 atom stereocenters. The van der Waals surface area contributed by atoms with Gasteiger partial charge in [0, 0.05) is 13.1 Å². The van der Waals surface area contributed by atoms with E-state index in [0.29, 0.717) is 12.5 Å². The molecule has 1 N–H and O–H groups in total. The van der Waals surface area contributed by atoms with Crippen LogP contribution in [0.3, 0.4) is 0 Å². The molecule has 74 valence electrons. The van der Waals surface area contributed by atoms with Crippen LogP contribution in [0.5, 0.6) is 0 Å². The first-order chi connectivity index (χ1) is 6.24. The van der Waals surface area contributed by atoms with Crippen molar-refractivity contribution in [2.45, 2.75) is 13.3 Å². The third-order valence-electron chi connectivity index (χ3n) is 2.33. The zero-order valence-electron chi connectivity index (χ0n) is 8.42. The summed E-state index contributed by atoms with van der Waals surface area (Å²) < 4.78 is 0. The molecule has 0 bridgehead atoms. The molecule has 1 unspecified atom stereocenters. The Balaban J connectivity index is 2.43. The minimum absolute atomic E-state index is 0.196. The number of hydrogen-bond acceptors (Lipinski definition) is 2. The Hall–Kier alpha value is -0.830. The van der Waals surface area contributed by atoms with Gasteiger partial charge >= 0.3 is 0 Å². The maximum Gasteiger partial charge on any atom is 0.236 e. The van der Waals surface area contributed by atoms with Crippen molar-refractivity contribution in [1.82, 2.24) is 10.2 Å². The molecule has 3 heteroatoms. The summed E-state index contributed by atoms with van der Waals surface area (Å²) in [5, 5.41) is 2.88. The summed E-state index contributed by atoms with van der Waals surface area (Å²) in [5.74, 6) is 0.800. The highest BCUT2D eigenvalue weighted by Crippen LogP contribution is 2.09. The standard InChI is InChI=1S/C10H18N2O/c1-9-4-3-6-12(7-5-9)10(13)8-11-2/h3-4,9,11H,5-8H2,1-2H3. The fourth-order valence-corrected chi connectivity index (χ4v) is 1.46. The topological polar surface area (TPSA) is 32.3 Å². The van der Waals surface area contributed by atoms with Gasteiger partial charge in [0.2, 0.25) is 5.91 Å². The molecule has 0 saturated carbocycles. The highest BCUT2D eigenvalue weighted by atomic mass is 16.2. The Morgan fingerprint density at radius 3 is 3.15 bits per heavy atom. The van der Waals surface area contributed by atoms with E-state index in [1.807, 2.05) is 4.90 Å². The highest BCUT2D eigenvalue weighted by molar-refractivity contribution is 5.78. The Morgan fingerprint density at radius 1 is 1.69 bits per heavy atom. The van der Waals surface area contributed by atoms with E-state index in [2.05, 4.69) is 24.4 Å². The molecule has 3 nitrogen and oxygen atoms in total. The maximum atomic E-state index is 11.5. The number of nitrogens with one attached hydrogen (secondary N) is 1. The normalized spacial score (nSPS) is 22.9. The second-order valence-electron chi connectivity index (χ2n) is 3.56. The summed E-state index contributed by atoms with van der Waals surface area (Å²) in [7, 11) is 1.80. The maximum absolute atomic E-state index is 11.5. The number of hydrogen-bond donors (Lipinski definition) is 1. The van der Waals surface area contributed by atoms with Crippen LogP contribution < -0.4 is 5.32 Å². The third-order valence-corrected chi connectivity index (χ3v) is 2.33. The largest absolute Gasteiger partial charge is 0.338 e. The van der Waals surface area contributed by atoms with Crippen molar-refractivity contribution in [3.05, 3.63) is 12.2 Å². The molecule has 1 aliphatic heterocycles. The minimum atomic E-state index is 0.196.